The Hall–Kier alpha value is -4.19. The molecular weight excluding hydrogens is 376 g/mol. The van der Waals surface area contributed by atoms with Crippen molar-refractivity contribution in [2.75, 3.05) is 5.32 Å². The number of nitrogens with two attached hydrogens (primary N) is 1. The highest BCUT2D eigenvalue weighted by Gasteiger charge is 2.14. The lowest BCUT2D eigenvalue weighted by atomic mass is 10.1. The molecule has 0 bridgehead atoms. The maximum absolute atomic E-state index is 13.0. The number of amides is 1. The Morgan fingerprint density at radius 3 is 2.37 bits per heavy atom. The van der Waals surface area contributed by atoms with Gasteiger partial charge in [0.2, 0.25) is 5.91 Å². The van der Waals surface area contributed by atoms with Gasteiger partial charge in [-0.25, -0.2) is 4.98 Å². The van der Waals surface area contributed by atoms with E-state index in [9.17, 15) is 9.59 Å². The molecule has 0 saturated carbocycles. The molecule has 0 aliphatic carbocycles. The molecule has 6 nitrogen and oxygen atoms in total. The number of aryl methyl sites for hydroxylation is 1. The molecule has 0 radical (unpaired) electrons. The summed E-state index contributed by atoms with van der Waals surface area (Å²) in [6, 6.07) is 22.7. The van der Waals surface area contributed by atoms with Crippen molar-refractivity contribution < 1.29 is 4.79 Å². The summed E-state index contributed by atoms with van der Waals surface area (Å²) in [5.74, 6) is 0.0517. The molecule has 2 aromatic carbocycles. The smallest absolute Gasteiger partial charge is 0.241 e. The number of anilines is 2. The van der Waals surface area contributed by atoms with Crippen molar-refractivity contribution in [1.82, 2.24) is 9.55 Å². The number of aromatic nitrogens is 2. The van der Waals surface area contributed by atoms with Crippen LogP contribution >= 0.6 is 0 Å². The number of nitrogens with one attached hydrogen (secondary N) is 1. The molecule has 0 saturated heterocycles. The van der Waals surface area contributed by atoms with Crippen molar-refractivity contribution in [3.8, 4) is 5.69 Å². The van der Waals surface area contributed by atoms with Gasteiger partial charge in [0.15, 0.2) is 5.43 Å². The van der Waals surface area contributed by atoms with E-state index >= 15 is 0 Å². The first-order valence-electron chi connectivity index (χ1n) is 9.45. The number of carbonyl (C=O) groups is 1. The average molecular weight is 396 g/mol. The largest absolute Gasteiger partial charge is 0.366 e. The van der Waals surface area contributed by atoms with Gasteiger partial charge in [-0.05, 0) is 48.9 Å². The zero-order valence-electron chi connectivity index (χ0n) is 16.4. The lowest BCUT2D eigenvalue weighted by Gasteiger charge is -2.18. The van der Waals surface area contributed by atoms with E-state index in [0.717, 1.165) is 11.4 Å². The van der Waals surface area contributed by atoms with Crippen molar-refractivity contribution >= 4 is 34.5 Å². The second-order valence-corrected chi connectivity index (χ2v) is 6.83. The molecular formula is C24H20N4O2. The summed E-state index contributed by atoms with van der Waals surface area (Å²) >= 11 is 0. The normalized spacial score (nSPS) is 11.1. The summed E-state index contributed by atoms with van der Waals surface area (Å²) < 4.78 is 1.91. The van der Waals surface area contributed by atoms with Crippen LogP contribution in [0.4, 0.5) is 11.5 Å². The molecule has 2 aromatic heterocycles. The second kappa shape index (κ2) is 8.05. The summed E-state index contributed by atoms with van der Waals surface area (Å²) in [6.07, 6.45) is 2.84. The predicted octanol–water partition coefficient (Wildman–Crippen LogP) is 3.94. The van der Waals surface area contributed by atoms with Crippen molar-refractivity contribution in [2.45, 2.75) is 6.92 Å². The number of para-hydroxylation sites is 2. The van der Waals surface area contributed by atoms with Crippen LogP contribution in [0.25, 0.3) is 22.8 Å². The molecule has 3 N–H and O–H groups in total. The quantitative estimate of drug-likeness (QED) is 0.500. The third-order valence-corrected chi connectivity index (χ3v) is 4.71. The Morgan fingerprint density at radius 1 is 1.03 bits per heavy atom. The van der Waals surface area contributed by atoms with Crippen molar-refractivity contribution in [1.29, 1.82) is 0 Å². The topological polar surface area (TPSA) is 90.0 Å². The van der Waals surface area contributed by atoms with Crippen molar-refractivity contribution in [3.63, 3.8) is 0 Å². The van der Waals surface area contributed by atoms with E-state index in [-0.39, 0.29) is 5.43 Å². The molecule has 0 aliphatic rings. The second-order valence-electron chi connectivity index (χ2n) is 6.83. The standard InChI is InChI=1S/C24H20N4O2/c1-16-17(12-13-22(25)30)14-20-21(29)15-23(27-18-8-4-2-5-9-18)28(24(20)26-16)19-10-6-3-7-11-19/h2-15,27H,1H3,(H2,25,30). The fourth-order valence-corrected chi connectivity index (χ4v) is 3.28. The number of fused-ring (bicyclic) bond motifs is 1. The molecule has 2 heterocycles. The minimum atomic E-state index is -0.557. The minimum absolute atomic E-state index is 0.170. The van der Waals surface area contributed by atoms with Gasteiger partial charge < -0.3 is 11.1 Å². The zero-order valence-corrected chi connectivity index (χ0v) is 16.4. The number of nitrogens with zero attached hydrogens (tertiary/aromatic N) is 2. The van der Waals surface area contributed by atoms with Crippen molar-refractivity contribution in [2.24, 2.45) is 5.73 Å². The SMILES string of the molecule is Cc1nc2c(cc1C=CC(N)=O)c(=O)cc(Nc1ccccc1)n2-c1ccccc1. The van der Waals surface area contributed by atoms with Crippen LogP contribution in [0.2, 0.25) is 0 Å². The Bertz CT molecular complexity index is 1310. The summed E-state index contributed by atoms with van der Waals surface area (Å²) in [4.78, 5) is 28.8. The molecule has 4 rings (SSSR count). The number of hydrogen-bond donors (Lipinski definition) is 2. The van der Waals surface area contributed by atoms with Crippen LogP contribution in [-0.2, 0) is 4.79 Å². The van der Waals surface area contributed by atoms with Gasteiger partial charge in [-0.15, -0.1) is 0 Å². The lowest BCUT2D eigenvalue weighted by molar-refractivity contribution is -0.113. The maximum atomic E-state index is 13.0. The first-order chi connectivity index (χ1) is 14.5. The van der Waals surface area contributed by atoms with Gasteiger partial charge in [0, 0.05) is 29.2 Å². The summed E-state index contributed by atoms with van der Waals surface area (Å²) in [7, 11) is 0. The van der Waals surface area contributed by atoms with Gasteiger partial charge in [0.25, 0.3) is 0 Å². The molecule has 0 aliphatic heterocycles. The lowest BCUT2D eigenvalue weighted by Crippen LogP contribution is -2.14. The number of carbonyl (C=O) groups excluding carboxylic acids is 1. The molecule has 0 spiro atoms. The van der Waals surface area contributed by atoms with Gasteiger partial charge in [-0.1, -0.05) is 36.4 Å². The van der Waals surface area contributed by atoms with E-state index in [1.165, 1.54) is 6.08 Å². The third kappa shape index (κ3) is 3.84. The Kier molecular flexibility index (Phi) is 5.13. The molecule has 6 heteroatoms. The molecule has 4 aromatic rings. The predicted molar refractivity (Wildman–Crippen MR) is 120 cm³/mol. The highest BCUT2D eigenvalue weighted by Crippen LogP contribution is 2.25. The monoisotopic (exact) mass is 396 g/mol. The highest BCUT2D eigenvalue weighted by molar-refractivity contribution is 5.91. The van der Waals surface area contributed by atoms with Crippen LogP contribution in [-0.4, -0.2) is 15.5 Å². The summed E-state index contributed by atoms with van der Waals surface area (Å²) in [5, 5.41) is 3.78. The molecule has 0 fully saturated rings. The van der Waals surface area contributed by atoms with E-state index in [0.29, 0.717) is 28.1 Å². The molecule has 148 valence electrons. The number of primary amides is 1. The van der Waals surface area contributed by atoms with Crippen LogP contribution in [0, 0.1) is 6.92 Å². The van der Waals surface area contributed by atoms with E-state index in [1.807, 2.05) is 72.2 Å². The van der Waals surface area contributed by atoms with Crippen LogP contribution in [0.5, 0.6) is 0 Å². The molecule has 1 amide bonds. The van der Waals surface area contributed by atoms with Crippen LogP contribution < -0.4 is 16.5 Å². The number of pyridine rings is 2. The Labute approximate surface area is 173 Å². The van der Waals surface area contributed by atoms with Gasteiger partial charge in [0.05, 0.1) is 5.39 Å². The van der Waals surface area contributed by atoms with Gasteiger partial charge in [-0.2, -0.15) is 0 Å². The highest BCUT2D eigenvalue weighted by atomic mass is 16.1. The first-order valence-corrected chi connectivity index (χ1v) is 9.45. The fraction of sp³-hybridized carbons (Fsp3) is 0.0417. The van der Waals surface area contributed by atoms with Crippen LogP contribution in [0.1, 0.15) is 11.3 Å². The van der Waals surface area contributed by atoms with E-state index in [1.54, 1.807) is 18.2 Å². The molecule has 0 unspecified atom stereocenters. The van der Waals surface area contributed by atoms with Gasteiger partial charge >= 0.3 is 0 Å². The molecule has 0 atom stereocenters. The average Bonchev–Trinajstić information content (AvgIpc) is 2.74. The van der Waals surface area contributed by atoms with Gasteiger partial charge in [0.1, 0.15) is 11.5 Å². The molecule has 30 heavy (non-hydrogen) atoms. The van der Waals surface area contributed by atoms with Crippen LogP contribution in [0.15, 0.2) is 83.7 Å². The van der Waals surface area contributed by atoms with Gasteiger partial charge in [-0.3, -0.25) is 14.2 Å². The van der Waals surface area contributed by atoms with E-state index in [4.69, 9.17) is 10.7 Å². The third-order valence-electron chi connectivity index (χ3n) is 4.71. The minimum Gasteiger partial charge on any atom is -0.366 e. The van der Waals surface area contributed by atoms with Crippen LogP contribution in [0.3, 0.4) is 0 Å². The summed E-state index contributed by atoms with van der Waals surface area (Å²) in [6.45, 7) is 1.83. The van der Waals surface area contributed by atoms with E-state index in [2.05, 4.69) is 5.32 Å². The summed E-state index contributed by atoms with van der Waals surface area (Å²) in [5.41, 5.74) is 8.64. The first kappa shape index (κ1) is 19.1. The van der Waals surface area contributed by atoms with Crippen molar-refractivity contribution in [3.05, 3.63) is 100 Å². The van der Waals surface area contributed by atoms with E-state index < -0.39 is 5.91 Å². The number of hydrogen-bond acceptors (Lipinski definition) is 4. The Morgan fingerprint density at radius 2 is 1.70 bits per heavy atom. The number of benzene rings is 2. The Balaban J connectivity index is 1.99. The maximum Gasteiger partial charge on any atom is 0.241 e. The number of rotatable bonds is 5. The fourth-order valence-electron chi connectivity index (χ4n) is 3.28. The zero-order chi connectivity index (χ0) is 21.1.